The van der Waals surface area contributed by atoms with E-state index in [2.05, 4.69) is 15.2 Å². The van der Waals surface area contributed by atoms with Crippen LogP contribution in [0.2, 0.25) is 5.02 Å². The molecule has 0 saturated heterocycles. The molecule has 0 fully saturated rings. The Morgan fingerprint density at radius 2 is 2.00 bits per heavy atom. The van der Waals surface area contributed by atoms with Gasteiger partial charge in [-0.05, 0) is 30.4 Å². The number of aromatic nitrogens is 1. The van der Waals surface area contributed by atoms with Crippen molar-refractivity contribution in [2.75, 3.05) is 0 Å². The lowest BCUT2D eigenvalue weighted by Gasteiger charge is -2.25. The van der Waals surface area contributed by atoms with E-state index in [9.17, 15) is 4.79 Å². The van der Waals surface area contributed by atoms with E-state index in [1.54, 1.807) is 6.20 Å². The highest BCUT2D eigenvalue weighted by Gasteiger charge is 2.28. The molecule has 3 rings (SSSR count). The number of H-pyrrole nitrogens is 1. The topological polar surface area (TPSA) is 110 Å². The third kappa shape index (κ3) is 3.12. The molecule has 1 atom stereocenters. The first-order valence-corrected chi connectivity index (χ1v) is 7.55. The number of nitrogens with two attached hydrogens (primary N) is 2. The van der Waals surface area contributed by atoms with Crippen molar-refractivity contribution in [3.05, 3.63) is 68.6 Å². The summed E-state index contributed by atoms with van der Waals surface area (Å²) in [7, 11) is 0. The molecule has 6 nitrogen and oxygen atoms in total. The van der Waals surface area contributed by atoms with Crippen molar-refractivity contribution in [1.82, 2.24) is 4.98 Å². The van der Waals surface area contributed by atoms with Crippen LogP contribution in [0, 0.1) is 0 Å². The average molecular weight is 330 g/mol. The van der Waals surface area contributed by atoms with E-state index >= 15 is 0 Å². The van der Waals surface area contributed by atoms with Gasteiger partial charge in [0, 0.05) is 23.0 Å². The van der Waals surface area contributed by atoms with E-state index in [-0.39, 0.29) is 17.3 Å². The molecule has 0 amide bonds. The molecule has 1 aromatic carbocycles. The number of rotatable bonds is 2. The highest BCUT2D eigenvalue weighted by molar-refractivity contribution is 6.31. The van der Waals surface area contributed by atoms with Crippen molar-refractivity contribution < 1.29 is 0 Å². The lowest BCUT2D eigenvalue weighted by molar-refractivity contribution is 0.677. The summed E-state index contributed by atoms with van der Waals surface area (Å²) in [4.78, 5) is 15.3. The quantitative estimate of drug-likeness (QED) is 0.443. The first-order valence-electron chi connectivity index (χ1n) is 7.17. The predicted molar refractivity (Wildman–Crippen MR) is 91.9 cm³/mol. The summed E-state index contributed by atoms with van der Waals surface area (Å²) < 4.78 is 0. The molecule has 0 spiro atoms. The largest absolute Gasteiger partial charge is 0.369 e. The van der Waals surface area contributed by atoms with Crippen LogP contribution >= 0.6 is 11.6 Å². The maximum atomic E-state index is 12.2. The summed E-state index contributed by atoms with van der Waals surface area (Å²) in [6, 6.07) is 9.14. The second kappa shape index (κ2) is 6.26. The van der Waals surface area contributed by atoms with E-state index in [4.69, 9.17) is 23.1 Å². The van der Waals surface area contributed by atoms with Gasteiger partial charge in [-0.3, -0.25) is 4.79 Å². The van der Waals surface area contributed by atoms with Crippen LogP contribution in [0.4, 0.5) is 0 Å². The fourth-order valence-corrected chi connectivity index (χ4v) is 3.18. The molecule has 1 aromatic heterocycles. The van der Waals surface area contributed by atoms with Gasteiger partial charge in [0.1, 0.15) is 0 Å². The zero-order valence-corrected chi connectivity index (χ0v) is 13.0. The number of nitrogens with one attached hydrogen (secondary N) is 1. The van der Waals surface area contributed by atoms with Crippen LogP contribution in [-0.4, -0.2) is 16.7 Å². The number of hydrogen-bond acceptors (Lipinski definition) is 3. The summed E-state index contributed by atoms with van der Waals surface area (Å²) in [5.74, 6) is -0.0477. The predicted octanol–water partition coefficient (Wildman–Crippen LogP) is 1.74. The van der Waals surface area contributed by atoms with E-state index < -0.39 is 0 Å². The van der Waals surface area contributed by atoms with Crippen LogP contribution in [0.1, 0.15) is 29.2 Å². The highest BCUT2D eigenvalue weighted by Crippen LogP contribution is 2.34. The molecule has 23 heavy (non-hydrogen) atoms. The van der Waals surface area contributed by atoms with Crippen LogP contribution in [0.5, 0.6) is 0 Å². The summed E-state index contributed by atoms with van der Waals surface area (Å²) in [6.07, 6.45) is 2.85. The lowest BCUT2D eigenvalue weighted by atomic mass is 9.81. The van der Waals surface area contributed by atoms with Crippen molar-refractivity contribution in [2.24, 2.45) is 21.7 Å². The van der Waals surface area contributed by atoms with Crippen LogP contribution < -0.4 is 16.9 Å². The molecule has 5 N–H and O–H groups in total. The monoisotopic (exact) mass is 329 g/mol. The number of benzene rings is 1. The highest BCUT2D eigenvalue weighted by atomic mass is 35.5. The fourth-order valence-electron chi connectivity index (χ4n) is 2.89. The first-order chi connectivity index (χ1) is 11.1. The Hall–Kier alpha value is -2.60. The molecule has 118 valence electrons. The minimum Gasteiger partial charge on any atom is -0.369 e. The van der Waals surface area contributed by atoms with Gasteiger partial charge in [-0.15, -0.1) is 5.10 Å². The van der Waals surface area contributed by atoms with Crippen LogP contribution in [0.15, 0.2) is 51.5 Å². The van der Waals surface area contributed by atoms with Gasteiger partial charge in [-0.25, -0.2) is 0 Å². The minimum atomic E-state index is -0.147. The van der Waals surface area contributed by atoms with E-state index in [1.165, 1.54) is 6.07 Å². The molecule has 2 aromatic rings. The zero-order valence-electron chi connectivity index (χ0n) is 12.3. The molecule has 1 aliphatic carbocycles. The Labute approximate surface area is 137 Å². The summed E-state index contributed by atoms with van der Waals surface area (Å²) in [5, 5.41) is 8.49. The van der Waals surface area contributed by atoms with Gasteiger partial charge < -0.3 is 16.5 Å². The first kappa shape index (κ1) is 15.3. The number of nitrogens with zero attached hydrogens (tertiary/aromatic N) is 2. The lowest BCUT2D eigenvalue weighted by Crippen LogP contribution is -2.28. The molecule has 0 bridgehead atoms. The molecule has 1 heterocycles. The van der Waals surface area contributed by atoms with Gasteiger partial charge in [0.15, 0.2) is 5.43 Å². The molecule has 0 aliphatic heterocycles. The Bertz CT molecular complexity index is 852. The second-order valence-electron chi connectivity index (χ2n) is 5.39. The SMILES string of the molecule is NC(N)=N/N=C1/CC(c2ccccc2Cl)Cc2[nH]ccc(=O)c21. The third-order valence-electron chi connectivity index (χ3n) is 3.85. The molecule has 0 saturated carbocycles. The smallest absolute Gasteiger partial charge is 0.211 e. The van der Waals surface area contributed by atoms with Gasteiger partial charge in [0.2, 0.25) is 5.96 Å². The standard InChI is InChI=1S/C16H16ClN5O/c17-11-4-2-1-3-10(11)9-7-12-15(14(23)5-6-20-12)13(8-9)21-22-16(18)19/h1-6,9H,7-8H2,(H,20,23)(H4,18,19,22)/b21-13-. The Balaban J connectivity index is 2.10. The Morgan fingerprint density at radius 3 is 2.74 bits per heavy atom. The van der Waals surface area contributed by atoms with Gasteiger partial charge in [-0.1, -0.05) is 29.8 Å². The van der Waals surface area contributed by atoms with Crippen molar-refractivity contribution in [1.29, 1.82) is 0 Å². The molecule has 1 unspecified atom stereocenters. The average Bonchev–Trinajstić information content (AvgIpc) is 2.53. The third-order valence-corrected chi connectivity index (χ3v) is 4.19. The normalized spacial score (nSPS) is 18.5. The van der Waals surface area contributed by atoms with Crippen LogP contribution in [0.25, 0.3) is 0 Å². The van der Waals surface area contributed by atoms with Gasteiger partial charge in [-0.2, -0.15) is 5.10 Å². The van der Waals surface area contributed by atoms with Gasteiger partial charge in [0.05, 0.1) is 11.3 Å². The molecule has 1 aliphatic rings. The Kier molecular flexibility index (Phi) is 4.16. The molecule has 0 radical (unpaired) electrons. The maximum absolute atomic E-state index is 12.2. The number of guanidine groups is 1. The van der Waals surface area contributed by atoms with Gasteiger partial charge in [0.25, 0.3) is 0 Å². The summed E-state index contributed by atoms with van der Waals surface area (Å²) in [6.45, 7) is 0. The summed E-state index contributed by atoms with van der Waals surface area (Å²) >= 11 is 6.31. The number of fused-ring (bicyclic) bond motifs is 1. The molecular weight excluding hydrogens is 314 g/mol. The summed E-state index contributed by atoms with van der Waals surface area (Å²) in [5.41, 5.74) is 13.5. The van der Waals surface area contributed by atoms with E-state index in [1.807, 2.05) is 24.3 Å². The Morgan fingerprint density at radius 1 is 1.22 bits per heavy atom. The number of hydrogen-bond donors (Lipinski definition) is 3. The van der Waals surface area contributed by atoms with Crippen molar-refractivity contribution in [3.8, 4) is 0 Å². The van der Waals surface area contributed by atoms with E-state index in [0.717, 1.165) is 11.3 Å². The number of pyridine rings is 1. The maximum Gasteiger partial charge on any atom is 0.211 e. The van der Waals surface area contributed by atoms with Crippen LogP contribution in [-0.2, 0) is 6.42 Å². The number of halogens is 1. The van der Waals surface area contributed by atoms with Crippen LogP contribution in [0.3, 0.4) is 0 Å². The fraction of sp³-hybridized carbons (Fsp3) is 0.188. The van der Waals surface area contributed by atoms with Crippen molar-refractivity contribution in [3.63, 3.8) is 0 Å². The zero-order chi connectivity index (χ0) is 16.4. The number of aromatic amines is 1. The second-order valence-corrected chi connectivity index (χ2v) is 5.80. The molecular formula is C16H16ClN5O. The van der Waals surface area contributed by atoms with E-state index in [0.29, 0.717) is 29.1 Å². The van der Waals surface area contributed by atoms with Gasteiger partial charge >= 0.3 is 0 Å². The molecule has 7 heteroatoms. The van der Waals surface area contributed by atoms with Crippen molar-refractivity contribution >= 4 is 23.3 Å². The van der Waals surface area contributed by atoms with Crippen molar-refractivity contribution in [2.45, 2.75) is 18.8 Å². The minimum absolute atomic E-state index is 0.0964.